The standard InChI is InChI=1S/C10H10N2OS/c1-14-9-5-3-2-4-8(9)10(13)12-7-6-11/h2-5H,7H2,1H3,(H,12,13). The quantitative estimate of drug-likeness (QED) is 0.604. The summed E-state index contributed by atoms with van der Waals surface area (Å²) in [5.74, 6) is -0.198. The number of nitrogens with zero attached hydrogens (tertiary/aromatic N) is 1. The Bertz CT molecular complexity index is 371. The van der Waals surface area contributed by atoms with E-state index >= 15 is 0 Å². The van der Waals surface area contributed by atoms with Crippen molar-refractivity contribution in [1.82, 2.24) is 5.32 Å². The maximum absolute atomic E-state index is 11.5. The van der Waals surface area contributed by atoms with E-state index in [1.807, 2.05) is 24.5 Å². The monoisotopic (exact) mass is 206 g/mol. The third kappa shape index (κ3) is 2.51. The van der Waals surface area contributed by atoms with Crippen LogP contribution in [0.5, 0.6) is 0 Å². The van der Waals surface area contributed by atoms with Crippen molar-refractivity contribution in [3.63, 3.8) is 0 Å². The molecule has 0 bridgehead atoms. The van der Waals surface area contributed by atoms with Crippen LogP contribution in [0.15, 0.2) is 29.2 Å². The van der Waals surface area contributed by atoms with E-state index in [0.29, 0.717) is 5.56 Å². The molecule has 0 spiro atoms. The van der Waals surface area contributed by atoms with Gasteiger partial charge in [-0.1, -0.05) is 12.1 Å². The summed E-state index contributed by atoms with van der Waals surface area (Å²) in [6.07, 6.45) is 1.91. The van der Waals surface area contributed by atoms with Gasteiger partial charge < -0.3 is 5.32 Å². The molecular weight excluding hydrogens is 196 g/mol. The minimum absolute atomic E-state index is 0.0432. The first-order chi connectivity index (χ1) is 6.79. The van der Waals surface area contributed by atoms with Gasteiger partial charge in [0.1, 0.15) is 6.54 Å². The van der Waals surface area contributed by atoms with Gasteiger partial charge in [-0.2, -0.15) is 5.26 Å². The Morgan fingerprint density at radius 1 is 1.57 bits per heavy atom. The summed E-state index contributed by atoms with van der Waals surface area (Å²) in [5.41, 5.74) is 0.621. The van der Waals surface area contributed by atoms with Crippen LogP contribution >= 0.6 is 11.8 Å². The number of rotatable bonds is 3. The smallest absolute Gasteiger partial charge is 0.253 e. The third-order valence-electron chi connectivity index (χ3n) is 1.68. The molecule has 72 valence electrons. The van der Waals surface area contributed by atoms with Gasteiger partial charge in [-0.05, 0) is 18.4 Å². The number of hydrogen-bond acceptors (Lipinski definition) is 3. The van der Waals surface area contributed by atoms with E-state index in [2.05, 4.69) is 5.32 Å². The van der Waals surface area contributed by atoms with Crippen molar-refractivity contribution >= 4 is 17.7 Å². The number of benzene rings is 1. The second kappa shape index (κ2) is 5.30. The first kappa shape index (κ1) is 10.6. The largest absolute Gasteiger partial charge is 0.339 e. The molecule has 0 radical (unpaired) electrons. The van der Waals surface area contributed by atoms with Crippen LogP contribution in [0.3, 0.4) is 0 Å². The molecule has 1 amide bonds. The minimum atomic E-state index is -0.198. The summed E-state index contributed by atoms with van der Waals surface area (Å²) >= 11 is 1.51. The molecule has 0 aliphatic heterocycles. The number of nitriles is 1. The van der Waals surface area contributed by atoms with Crippen LogP contribution in [-0.4, -0.2) is 18.7 Å². The Morgan fingerprint density at radius 2 is 2.29 bits per heavy atom. The number of carbonyl (C=O) groups excluding carboxylic acids is 1. The Labute approximate surface area is 87.1 Å². The fraction of sp³-hybridized carbons (Fsp3) is 0.200. The zero-order valence-electron chi connectivity index (χ0n) is 7.78. The van der Waals surface area contributed by atoms with Gasteiger partial charge in [-0.25, -0.2) is 0 Å². The number of carbonyl (C=O) groups is 1. The highest BCUT2D eigenvalue weighted by atomic mass is 32.2. The van der Waals surface area contributed by atoms with Gasteiger partial charge in [0.25, 0.3) is 5.91 Å². The van der Waals surface area contributed by atoms with Gasteiger partial charge in [-0.15, -0.1) is 11.8 Å². The summed E-state index contributed by atoms with van der Waals surface area (Å²) < 4.78 is 0. The van der Waals surface area contributed by atoms with E-state index in [1.165, 1.54) is 11.8 Å². The maximum Gasteiger partial charge on any atom is 0.253 e. The summed E-state index contributed by atoms with van der Waals surface area (Å²) in [6, 6.07) is 9.18. The molecule has 0 aliphatic carbocycles. The summed E-state index contributed by atoms with van der Waals surface area (Å²) in [6.45, 7) is 0.0432. The highest BCUT2D eigenvalue weighted by molar-refractivity contribution is 7.98. The average Bonchev–Trinajstić information content (AvgIpc) is 2.25. The van der Waals surface area contributed by atoms with Crippen LogP contribution in [-0.2, 0) is 0 Å². The summed E-state index contributed by atoms with van der Waals surface area (Å²) in [5, 5.41) is 10.8. The average molecular weight is 206 g/mol. The van der Waals surface area contributed by atoms with Crippen LogP contribution in [0.2, 0.25) is 0 Å². The van der Waals surface area contributed by atoms with E-state index in [1.54, 1.807) is 12.1 Å². The van der Waals surface area contributed by atoms with Crippen LogP contribution in [0.4, 0.5) is 0 Å². The Morgan fingerprint density at radius 3 is 2.93 bits per heavy atom. The lowest BCUT2D eigenvalue weighted by atomic mass is 10.2. The lowest BCUT2D eigenvalue weighted by Crippen LogP contribution is -2.23. The fourth-order valence-corrected chi connectivity index (χ4v) is 1.64. The lowest BCUT2D eigenvalue weighted by molar-refractivity contribution is 0.0955. The van der Waals surface area contributed by atoms with E-state index in [4.69, 9.17) is 5.26 Å². The van der Waals surface area contributed by atoms with E-state index < -0.39 is 0 Å². The fourth-order valence-electron chi connectivity index (χ4n) is 1.05. The van der Waals surface area contributed by atoms with Gasteiger partial charge in [0, 0.05) is 4.90 Å². The van der Waals surface area contributed by atoms with Crippen molar-refractivity contribution in [3.05, 3.63) is 29.8 Å². The third-order valence-corrected chi connectivity index (χ3v) is 2.48. The second-order valence-electron chi connectivity index (χ2n) is 2.54. The molecule has 0 unspecified atom stereocenters. The topological polar surface area (TPSA) is 52.9 Å². The molecule has 1 rings (SSSR count). The van der Waals surface area contributed by atoms with Crippen LogP contribution < -0.4 is 5.32 Å². The van der Waals surface area contributed by atoms with Crippen LogP contribution in [0.1, 0.15) is 10.4 Å². The molecule has 0 aromatic heterocycles. The van der Waals surface area contributed by atoms with E-state index in [0.717, 1.165) is 4.90 Å². The van der Waals surface area contributed by atoms with Crippen molar-refractivity contribution in [2.45, 2.75) is 4.90 Å². The first-order valence-electron chi connectivity index (χ1n) is 4.07. The molecule has 1 aromatic rings. The van der Waals surface area contributed by atoms with Crippen LogP contribution in [0, 0.1) is 11.3 Å². The highest BCUT2D eigenvalue weighted by Crippen LogP contribution is 2.19. The van der Waals surface area contributed by atoms with Gasteiger partial charge in [-0.3, -0.25) is 4.79 Å². The number of nitrogens with one attached hydrogen (secondary N) is 1. The molecule has 0 aliphatic rings. The van der Waals surface area contributed by atoms with Crippen molar-refractivity contribution in [3.8, 4) is 6.07 Å². The predicted molar refractivity (Wildman–Crippen MR) is 56.2 cm³/mol. The Kier molecular flexibility index (Phi) is 4.02. The molecule has 14 heavy (non-hydrogen) atoms. The van der Waals surface area contributed by atoms with Crippen molar-refractivity contribution in [2.24, 2.45) is 0 Å². The van der Waals surface area contributed by atoms with Crippen molar-refractivity contribution in [1.29, 1.82) is 5.26 Å². The van der Waals surface area contributed by atoms with Gasteiger partial charge in [0.15, 0.2) is 0 Å². The second-order valence-corrected chi connectivity index (χ2v) is 3.39. The molecular formula is C10H10N2OS. The van der Waals surface area contributed by atoms with Crippen molar-refractivity contribution < 1.29 is 4.79 Å². The highest BCUT2D eigenvalue weighted by Gasteiger charge is 2.08. The molecule has 0 heterocycles. The van der Waals surface area contributed by atoms with Gasteiger partial charge in [0.05, 0.1) is 11.6 Å². The minimum Gasteiger partial charge on any atom is -0.339 e. The number of thioether (sulfide) groups is 1. The van der Waals surface area contributed by atoms with E-state index in [9.17, 15) is 4.79 Å². The molecule has 0 atom stereocenters. The van der Waals surface area contributed by atoms with E-state index in [-0.39, 0.29) is 12.5 Å². The van der Waals surface area contributed by atoms with Gasteiger partial charge in [0.2, 0.25) is 0 Å². The number of amides is 1. The van der Waals surface area contributed by atoms with Gasteiger partial charge >= 0.3 is 0 Å². The normalized spacial score (nSPS) is 9.14. The Hall–Kier alpha value is -1.47. The number of hydrogen-bond donors (Lipinski definition) is 1. The molecule has 0 fully saturated rings. The zero-order valence-corrected chi connectivity index (χ0v) is 8.60. The molecule has 0 saturated carbocycles. The SMILES string of the molecule is CSc1ccccc1C(=O)NCC#N. The molecule has 3 nitrogen and oxygen atoms in total. The van der Waals surface area contributed by atoms with Crippen LogP contribution in [0.25, 0.3) is 0 Å². The zero-order chi connectivity index (χ0) is 10.4. The molecule has 1 aromatic carbocycles. The summed E-state index contributed by atoms with van der Waals surface area (Å²) in [4.78, 5) is 12.4. The first-order valence-corrected chi connectivity index (χ1v) is 5.30. The molecule has 1 N–H and O–H groups in total. The Balaban J connectivity index is 2.84. The summed E-state index contributed by atoms with van der Waals surface area (Å²) in [7, 11) is 0. The van der Waals surface area contributed by atoms with Crippen molar-refractivity contribution in [2.75, 3.05) is 12.8 Å². The lowest BCUT2D eigenvalue weighted by Gasteiger charge is -2.05. The maximum atomic E-state index is 11.5. The molecule has 0 saturated heterocycles. The predicted octanol–water partition coefficient (Wildman–Crippen LogP) is 1.66. The molecule has 4 heteroatoms.